The van der Waals surface area contributed by atoms with Crippen LogP contribution in [0, 0.1) is 5.82 Å². The summed E-state index contributed by atoms with van der Waals surface area (Å²) in [6.07, 6.45) is 0.950. The fourth-order valence-electron chi connectivity index (χ4n) is 3.23. The highest BCUT2D eigenvalue weighted by atomic mass is 35.5. The van der Waals surface area contributed by atoms with Crippen LogP contribution in [0.4, 0.5) is 10.1 Å². The zero-order chi connectivity index (χ0) is 21.3. The molecule has 1 unspecified atom stereocenters. The van der Waals surface area contributed by atoms with Crippen molar-refractivity contribution >= 4 is 57.0 Å². The number of thioether (sulfide) groups is 1. The molecule has 6 nitrogen and oxygen atoms in total. The van der Waals surface area contributed by atoms with Crippen molar-refractivity contribution in [3.8, 4) is 0 Å². The van der Waals surface area contributed by atoms with Gasteiger partial charge in [0.05, 0.1) is 16.5 Å². The van der Waals surface area contributed by atoms with Gasteiger partial charge in [-0.05, 0) is 37.6 Å². The van der Waals surface area contributed by atoms with Gasteiger partial charge in [0.25, 0.3) is 0 Å². The van der Waals surface area contributed by atoms with Gasteiger partial charge in [0.2, 0.25) is 11.1 Å². The molecule has 0 aliphatic rings. The zero-order valence-corrected chi connectivity index (χ0v) is 18.0. The first-order valence-corrected chi connectivity index (χ1v) is 10.8. The number of carbonyl (C=O) groups excluding carboxylic acids is 1. The topological polar surface area (TPSA) is 72.7 Å². The van der Waals surface area contributed by atoms with Crippen LogP contribution in [-0.2, 0) is 11.3 Å². The molecule has 0 fully saturated rings. The molecule has 9 heteroatoms. The molecule has 154 valence electrons. The number of anilines is 1. The summed E-state index contributed by atoms with van der Waals surface area (Å²) in [5.41, 5.74) is 2.62. The molecule has 0 radical (unpaired) electrons. The average Bonchev–Trinajstić information content (AvgIpc) is 3.03. The lowest BCUT2D eigenvalue weighted by Gasteiger charge is -2.12. The second kappa shape index (κ2) is 8.57. The standard InChI is InChI=1S/C21H19ClFN5OS/c1-3-10-28-17-7-5-4-6-14(17)18-19(28)25-21(27-26-18)30-12(2)20(29)24-16-9-8-13(22)11-15(16)23/h4-9,11-12H,3,10H2,1-2H3,(H,24,29). The van der Waals surface area contributed by atoms with Crippen LogP contribution >= 0.6 is 23.4 Å². The van der Waals surface area contributed by atoms with E-state index in [1.807, 2.05) is 24.3 Å². The summed E-state index contributed by atoms with van der Waals surface area (Å²) in [6, 6.07) is 12.1. The van der Waals surface area contributed by atoms with Gasteiger partial charge in [-0.25, -0.2) is 9.37 Å². The molecular weight excluding hydrogens is 425 g/mol. The Morgan fingerprint density at radius 1 is 1.27 bits per heavy atom. The highest BCUT2D eigenvalue weighted by Gasteiger charge is 2.20. The first kappa shape index (κ1) is 20.6. The third kappa shape index (κ3) is 3.97. The quantitative estimate of drug-likeness (QED) is 0.409. The summed E-state index contributed by atoms with van der Waals surface area (Å²) in [6.45, 7) is 4.62. The second-order valence-electron chi connectivity index (χ2n) is 6.81. The maximum Gasteiger partial charge on any atom is 0.237 e. The predicted molar refractivity (Wildman–Crippen MR) is 118 cm³/mol. The molecule has 1 atom stereocenters. The van der Waals surface area contributed by atoms with E-state index in [9.17, 15) is 9.18 Å². The maximum atomic E-state index is 14.0. The Labute approximate surface area is 181 Å². The molecule has 0 bridgehead atoms. The number of fused-ring (bicyclic) bond motifs is 3. The number of para-hydroxylation sites is 1. The van der Waals surface area contributed by atoms with Crippen LogP contribution in [0.3, 0.4) is 0 Å². The highest BCUT2D eigenvalue weighted by Crippen LogP contribution is 2.29. The van der Waals surface area contributed by atoms with Gasteiger partial charge in [0.15, 0.2) is 5.65 Å². The molecular formula is C21H19ClFN5OS. The number of carbonyl (C=O) groups is 1. The predicted octanol–water partition coefficient (Wildman–Crippen LogP) is 5.30. The van der Waals surface area contributed by atoms with E-state index < -0.39 is 11.1 Å². The van der Waals surface area contributed by atoms with E-state index in [1.54, 1.807) is 6.92 Å². The molecule has 2 aromatic heterocycles. The van der Waals surface area contributed by atoms with Gasteiger partial charge < -0.3 is 9.88 Å². The molecule has 4 rings (SSSR count). The van der Waals surface area contributed by atoms with Gasteiger partial charge in [-0.2, -0.15) is 0 Å². The smallest absolute Gasteiger partial charge is 0.237 e. The molecule has 0 spiro atoms. The van der Waals surface area contributed by atoms with E-state index in [4.69, 9.17) is 11.6 Å². The van der Waals surface area contributed by atoms with Gasteiger partial charge in [-0.15, -0.1) is 10.2 Å². The van der Waals surface area contributed by atoms with Gasteiger partial charge in [0, 0.05) is 17.0 Å². The lowest BCUT2D eigenvalue weighted by molar-refractivity contribution is -0.115. The van der Waals surface area contributed by atoms with E-state index in [1.165, 1.54) is 23.9 Å². The van der Waals surface area contributed by atoms with E-state index in [0.29, 0.717) is 5.16 Å². The maximum absolute atomic E-state index is 14.0. The van der Waals surface area contributed by atoms with Crippen LogP contribution in [0.25, 0.3) is 22.1 Å². The number of hydrogen-bond acceptors (Lipinski definition) is 5. The number of amides is 1. The van der Waals surface area contributed by atoms with Gasteiger partial charge in [0.1, 0.15) is 11.3 Å². The molecule has 2 aromatic carbocycles. The second-order valence-corrected chi connectivity index (χ2v) is 8.55. The van der Waals surface area contributed by atoms with Crippen molar-refractivity contribution in [2.75, 3.05) is 5.32 Å². The summed E-state index contributed by atoms with van der Waals surface area (Å²) in [7, 11) is 0. The number of nitrogens with zero attached hydrogens (tertiary/aromatic N) is 4. The van der Waals surface area contributed by atoms with Crippen molar-refractivity contribution in [1.82, 2.24) is 19.7 Å². The van der Waals surface area contributed by atoms with Crippen molar-refractivity contribution < 1.29 is 9.18 Å². The van der Waals surface area contributed by atoms with Crippen LogP contribution in [0.15, 0.2) is 47.6 Å². The Hall–Kier alpha value is -2.71. The SMILES string of the molecule is CCCn1c2ccccc2c2nnc(SC(C)C(=O)Nc3ccc(Cl)cc3F)nc21. The van der Waals surface area contributed by atoms with Crippen molar-refractivity contribution in [2.45, 2.75) is 37.2 Å². The minimum atomic E-state index is -0.587. The van der Waals surface area contributed by atoms with Crippen LogP contribution in [0.5, 0.6) is 0 Å². The number of rotatable bonds is 6. The van der Waals surface area contributed by atoms with Gasteiger partial charge >= 0.3 is 0 Å². The molecule has 0 saturated heterocycles. The fourth-order valence-corrected chi connectivity index (χ4v) is 4.09. The molecule has 0 aliphatic heterocycles. The van der Waals surface area contributed by atoms with Gasteiger partial charge in [-0.1, -0.05) is 48.5 Å². The Morgan fingerprint density at radius 3 is 2.83 bits per heavy atom. The third-order valence-corrected chi connectivity index (χ3v) is 5.83. The Kier molecular flexibility index (Phi) is 5.87. The first-order chi connectivity index (χ1) is 14.5. The van der Waals surface area contributed by atoms with E-state index in [2.05, 4.69) is 32.0 Å². The fraction of sp³-hybridized carbons (Fsp3) is 0.238. The van der Waals surface area contributed by atoms with Gasteiger partial charge in [-0.3, -0.25) is 4.79 Å². The number of benzene rings is 2. The average molecular weight is 444 g/mol. The Bertz CT molecular complexity index is 1250. The summed E-state index contributed by atoms with van der Waals surface area (Å²) in [5.74, 6) is -0.949. The molecule has 2 heterocycles. The molecule has 30 heavy (non-hydrogen) atoms. The number of aromatic nitrogens is 4. The Morgan fingerprint density at radius 2 is 2.07 bits per heavy atom. The third-order valence-electron chi connectivity index (χ3n) is 4.64. The first-order valence-electron chi connectivity index (χ1n) is 9.52. The van der Waals surface area contributed by atoms with E-state index in [0.717, 1.165) is 41.1 Å². The van der Waals surface area contributed by atoms with Crippen molar-refractivity contribution in [1.29, 1.82) is 0 Å². The number of aryl methyl sites for hydroxylation is 1. The molecule has 1 N–H and O–H groups in total. The van der Waals surface area contributed by atoms with E-state index >= 15 is 0 Å². The van der Waals surface area contributed by atoms with E-state index in [-0.39, 0.29) is 16.6 Å². The normalized spacial score (nSPS) is 12.4. The minimum absolute atomic E-state index is 0.0782. The minimum Gasteiger partial charge on any atom is -0.324 e. The van der Waals surface area contributed by atoms with Crippen LogP contribution in [0.1, 0.15) is 20.3 Å². The number of nitrogens with one attached hydrogen (secondary N) is 1. The van der Waals surface area contributed by atoms with Crippen molar-refractivity contribution in [2.24, 2.45) is 0 Å². The number of halogens is 2. The summed E-state index contributed by atoms with van der Waals surface area (Å²) >= 11 is 6.93. The Balaban J connectivity index is 1.59. The lowest BCUT2D eigenvalue weighted by atomic mass is 10.2. The molecule has 4 aromatic rings. The van der Waals surface area contributed by atoms with Crippen LogP contribution in [0.2, 0.25) is 5.02 Å². The largest absolute Gasteiger partial charge is 0.324 e. The molecule has 0 aliphatic carbocycles. The van der Waals surface area contributed by atoms with Crippen molar-refractivity contribution in [3.05, 3.63) is 53.3 Å². The molecule has 1 amide bonds. The zero-order valence-electron chi connectivity index (χ0n) is 16.4. The summed E-state index contributed by atoms with van der Waals surface area (Å²) < 4.78 is 16.1. The summed E-state index contributed by atoms with van der Waals surface area (Å²) in [4.78, 5) is 17.2. The monoisotopic (exact) mass is 443 g/mol. The van der Waals surface area contributed by atoms with Crippen LogP contribution in [-0.4, -0.2) is 30.9 Å². The summed E-state index contributed by atoms with van der Waals surface area (Å²) in [5, 5.41) is 12.3. The molecule has 0 saturated carbocycles. The van der Waals surface area contributed by atoms with Crippen LogP contribution < -0.4 is 5.32 Å². The van der Waals surface area contributed by atoms with Crippen molar-refractivity contribution in [3.63, 3.8) is 0 Å². The lowest BCUT2D eigenvalue weighted by Crippen LogP contribution is -2.23. The highest BCUT2D eigenvalue weighted by molar-refractivity contribution is 8.00. The number of hydrogen-bond donors (Lipinski definition) is 1.